The van der Waals surface area contributed by atoms with E-state index in [-0.39, 0.29) is 12.6 Å². The van der Waals surface area contributed by atoms with Crippen LogP contribution in [0.15, 0.2) is 37.5 Å². The first-order valence-corrected chi connectivity index (χ1v) is 4.86. The average Bonchev–Trinajstić information content (AvgIpc) is 2.20. The molecule has 0 amide bonds. The summed E-state index contributed by atoms with van der Waals surface area (Å²) in [5.74, 6) is -0.298. The number of allylic oxidation sites excluding steroid dienone is 2. The molecule has 0 rings (SSSR count). The molecule has 0 fully saturated rings. The maximum Gasteiger partial charge on any atom is 0.330 e. The third-order valence-corrected chi connectivity index (χ3v) is 1.63. The molecule has 0 aromatic heterocycles. The molecule has 0 N–H and O–H groups in total. The van der Waals surface area contributed by atoms with Crippen LogP contribution >= 0.6 is 0 Å². The summed E-state index contributed by atoms with van der Waals surface area (Å²) in [5.41, 5.74) is 0. The van der Waals surface area contributed by atoms with E-state index in [0.29, 0.717) is 0 Å². The highest BCUT2D eigenvalue weighted by Crippen LogP contribution is 2.00. The first-order chi connectivity index (χ1) is 6.81. The smallest absolute Gasteiger partial charge is 0.330 e. The molecule has 0 aromatic carbocycles. The van der Waals surface area contributed by atoms with Gasteiger partial charge in [0.05, 0.1) is 0 Å². The lowest BCUT2D eigenvalue weighted by Crippen LogP contribution is -1.99. The van der Waals surface area contributed by atoms with E-state index in [1.54, 1.807) is 6.08 Å². The number of unbranched alkanes of at least 4 members (excludes halogenated alkanes) is 3. The second-order valence-electron chi connectivity index (χ2n) is 2.89. The molecular formula is C12H18O2. The summed E-state index contributed by atoms with van der Waals surface area (Å²) in [6, 6.07) is 0. The molecule has 0 aliphatic rings. The maximum absolute atomic E-state index is 10.9. The summed E-state index contributed by atoms with van der Waals surface area (Å²) in [6.45, 7) is 7.37. The number of carbonyl (C=O) groups excluding carboxylic acids is 1. The van der Waals surface area contributed by atoms with Crippen molar-refractivity contribution in [1.29, 1.82) is 0 Å². The van der Waals surface area contributed by atoms with Crippen molar-refractivity contribution in [1.82, 2.24) is 0 Å². The molecular weight excluding hydrogens is 176 g/mol. The summed E-state index contributed by atoms with van der Waals surface area (Å²) in [6.07, 6.45) is 10.9. The topological polar surface area (TPSA) is 26.3 Å². The third kappa shape index (κ3) is 8.78. The summed E-state index contributed by atoms with van der Waals surface area (Å²) < 4.78 is 4.76. The Morgan fingerprint density at radius 1 is 1.14 bits per heavy atom. The van der Waals surface area contributed by atoms with Crippen LogP contribution in [-0.2, 0) is 9.53 Å². The van der Waals surface area contributed by atoms with Crippen molar-refractivity contribution >= 4 is 5.97 Å². The molecule has 78 valence electrons. The van der Waals surface area contributed by atoms with Crippen LogP contribution in [-0.4, -0.2) is 12.6 Å². The molecule has 0 unspecified atom stereocenters. The van der Waals surface area contributed by atoms with Gasteiger partial charge in [0.1, 0.15) is 6.61 Å². The minimum atomic E-state index is -0.298. The lowest BCUT2D eigenvalue weighted by Gasteiger charge is -1.95. The van der Waals surface area contributed by atoms with E-state index >= 15 is 0 Å². The van der Waals surface area contributed by atoms with Crippen LogP contribution < -0.4 is 0 Å². The highest BCUT2D eigenvalue weighted by atomic mass is 16.5. The summed E-state index contributed by atoms with van der Waals surface area (Å²) in [5, 5.41) is 0. The van der Waals surface area contributed by atoms with Gasteiger partial charge in [-0.3, -0.25) is 0 Å². The van der Waals surface area contributed by atoms with Crippen LogP contribution in [0.3, 0.4) is 0 Å². The van der Waals surface area contributed by atoms with Gasteiger partial charge in [-0.1, -0.05) is 24.8 Å². The molecule has 0 heterocycles. The summed E-state index contributed by atoms with van der Waals surface area (Å²) >= 11 is 0. The van der Waals surface area contributed by atoms with Gasteiger partial charge in [-0.25, -0.2) is 4.79 Å². The molecule has 0 saturated heterocycles. The van der Waals surface area contributed by atoms with Gasteiger partial charge >= 0.3 is 5.97 Å². The lowest BCUT2D eigenvalue weighted by atomic mass is 10.2. The number of esters is 1. The van der Waals surface area contributed by atoms with Crippen molar-refractivity contribution < 1.29 is 9.53 Å². The van der Waals surface area contributed by atoms with E-state index in [1.807, 2.05) is 12.2 Å². The zero-order valence-electron chi connectivity index (χ0n) is 8.58. The Kier molecular flexibility index (Phi) is 8.86. The van der Waals surface area contributed by atoms with Crippen LogP contribution in [0.25, 0.3) is 0 Å². The predicted octanol–water partition coefficient (Wildman–Crippen LogP) is 3.02. The van der Waals surface area contributed by atoms with Gasteiger partial charge < -0.3 is 4.74 Å². The fourth-order valence-corrected chi connectivity index (χ4v) is 0.920. The van der Waals surface area contributed by atoms with Gasteiger partial charge in [0.25, 0.3) is 0 Å². The lowest BCUT2D eigenvalue weighted by molar-refractivity contribution is -0.136. The molecule has 0 aliphatic heterocycles. The molecule has 0 spiro atoms. The molecule has 2 nitrogen and oxygen atoms in total. The quantitative estimate of drug-likeness (QED) is 0.257. The minimum absolute atomic E-state index is 0.277. The van der Waals surface area contributed by atoms with E-state index in [1.165, 1.54) is 6.08 Å². The van der Waals surface area contributed by atoms with Gasteiger partial charge in [-0.15, -0.1) is 6.58 Å². The highest BCUT2D eigenvalue weighted by Gasteiger charge is 1.92. The Balaban J connectivity index is 3.36. The van der Waals surface area contributed by atoms with Gasteiger partial charge in [0.2, 0.25) is 0 Å². The fourth-order valence-electron chi connectivity index (χ4n) is 0.920. The number of rotatable bonds is 8. The summed E-state index contributed by atoms with van der Waals surface area (Å²) in [4.78, 5) is 10.9. The summed E-state index contributed by atoms with van der Waals surface area (Å²) in [7, 11) is 0. The zero-order chi connectivity index (χ0) is 10.6. The number of hydrogen-bond acceptors (Lipinski definition) is 2. The van der Waals surface area contributed by atoms with Gasteiger partial charge in [-0.05, 0) is 25.7 Å². The molecule has 2 heteroatoms. The van der Waals surface area contributed by atoms with Gasteiger partial charge in [0, 0.05) is 6.08 Å². The van der Waals surface area contributed by atoms with Crippen molar-refractivity contribution in [3.63, 3.8) is 0 Å². The Morgan fingerprint density at radius 2 is 1.86 bits per heavy atom. The van der Waals surface area contributed by atoms with Crippen LogP contribution in [0.2, 0.25) is 0 Å². The van der Waals surface area contributed by atoms with E-state index in [0.717, 1.165) is 25.7 Å². The number of ether oxygens (including phenoxy) is 1. The first kappa shape index (κ1) is 12.7. The van der Waals surface area contributed by atoms with Crippen LogP contribution in [0.5, 0.6) is 0 Å². The van der Waals surface area contributed by atoms with Crippen molar-refractivity contribution in [2.75, 3.05) is 6.61 Å². The Bertz CT molecular complexity index is 204. The fraction of sp³-hybridized carbons (Fsp3) is 0.417. The van der Waals surface area contributed by atoms with E-state index in [4.69, 9.17) is 4.74 Å². The maximum atomic E-state index is 10.9. The van der Waals surface area contributed by atoms with Gasteiger partial charge in [0.15, 0.2) is 0 Å². The van der Waals surface area contributed by atoms with E-state index in [2.05, 4.69) is 13.2 Å². The molecule has 0 saturated carbocycles. The highest BCUT2D eigenvalue weighted by molar-refractivity contribution is 5.81. The molecule has 14 heavy (non-hydrogen) atoms. The molecule has 0 aliphatic carbocycles. The zero-order valence-corrected chi connectivity index (χ0v) is 8.58. The van der Waals surface area contributed by atoms with Crippen LogP contribution in [0.4, 0.5) is 0 Å². The van der Waals surface area contributed by atoms with Crippen molar-refractivity contribution in [3.8, 4) is 0 Å². The molecule has 0 bridgehead atoms. The van der Waals surface area contributed by atoms with Crippen LogP contribution in [0.1, 0.15) is 25.7 Å². The standard InChI is InChI=1S/C12H18O2/c1-3-5-6-7-8-9-10-12(13)14-11-4-2/h3-4,9-10H,1-2,5-8,11H2. The Morgan fingerprint density at radius 3 is 2.50 bits per heavy atom. The Hall–Kier alpha value is -1.31. The van der Waals surface area contributed by atoms with Gasteiger partial charge in [-0.2, -0.15) is 0 Å². The van der Waals surface area contributed by atoms with Crippen molar-refractivity contribution in [2.45, 2.75) is 25.7 Å². The SMILES string of the molecule is C=CCCCCC=CC(=O)OCC=C. The Labute approximate surface area is 86.0 Å². The van der Waals surface area contributed by atoms with Crippen molar-refractivity contribution in [2.24, 2.45) is 0 Å². The van der Waals surface area contributed by atoms with E-state index in [9.17, 15) is 4.79 Å². The monoisotopic (exact) mass is 194 g/mol. The second-order valence-corrected chi connectivity index (χ2v) is 2.89. The normalized spacial score (nSPS) is 10.0. The number of carbonyl (C=O) groups is 1. The third-order valence-electron chi connectivity index (χ3n) is 1.63. The van der Waals surface area contributed by atoms with Crippen LogP contribution in [0, 0.1) is 0 Å². The predicted molar refractivity (Wildman–Crippen MR) is 59.0 cm³/mol. The number of hydrogen-bond donors (Lipinski definition) is 0. The largest absolute Gasteiger partial charge is 0.458 e. The van der Waals surface area contributed by atoms with E-state index < -0.39 is 0 Å². The molecule has 0 atom stereocenters. The second kappa shape index (κ2) is 9.78. The molecule has 0 aromatic rings. The minimum Gasteiger partial charge on any atom is -0.458 e. The average molecular weight is 194 g/mol. The molecule has 0 radical (unpaired) electrons. The van der Waals surface area contributed by atoms with Crippen molar-refractivity contribution in [3.05, 3.63) is 37.5 Å². The first-order valence-electron chi connectivity index (χ1n) is 4.86.